The van der Waals surface area contributed by atoms with Crippen molar-refractivity contribution in [2.45, 2.75) is 31.7 Å². The fraction of sp³-hybridized carbons (Fsp3) is 0.500. The lowest BCUT2D eigenvalue weighted by Crippen LogP contribution is -2.43. The molecule has 1 aromatic rings. The lowest BCUT2D eigenvalue weighted by Gasteiger charge is -2.21. The third-order valence-electron chi connectivity index (χ3n) is 3.39. The molecule has 0 aromatic carbocycles. The molecule has 6 nitrogen and oxygen atoms in total. The molecule has 1 unspecified atom stereocenters. The van der Waals surface area contributed by atoms with Crippen molar-refractivity contribution in [3.05, 3.63) is 22.4 Å². The van der Waals surface area contributed by atoms with E-state index < -0.39 is 17.9 Å². The molecule has 2 amide bonds. The number of nitrogens with zero attached hydrogens (tertiary/aromatic N) is 1. The van der Waals surface area contributed by atoms with Crippen LogP contribution in [0, 0.1) is 0 Å². The fourth-order valence-corrected chi connectivity index (χ4v) is 3.06. The van der Waals surface area contributed by atoms with E-state index in [2.05, 4.69) is 5.32 Å². The predicted octanol–water partition coefficient (Wildman–Crippen LogP) is 1.39. The van der Waals surface area contributed by atoms with Gasteiger partial charge in [-0.1, -0.05) is 12.5 Å². The van der Waals surface area contributed by atoms with E-state index in [4.69, 9.17) is 0 Å². The number of amides is 2. The SMILES string of the molecule is O=C(CN1CCCCCC1=O)NC(C(=O)O)c1cccs1. The van der Waals surface area contributed by atoms with Crippen LogP contribution in [0.25, 0.3) is 0 Å². The number of likely N-dealkylation sites (tertiary alicyclic amines) is 1. The molecule has 0 spiro atoms. The van der Waals surface area contributed by atoms with E-state index in [9.17, 15) is 19.5 Å². The van der Waals surface area contributed by atoms with Gasteiger partial charge in [-0.2, -0.15) is 0 Å². The lowest BCUT2D eigenvalue weighted by atomic mass is 10.2. The highest BCUT2D eigenvalue weighted by Crippen LogP contribution is 2.19. The third kappa shape index (κ3) is 4.29. The van der Waals surface area contributed by atoms with Crippen LogP contribution in [0.5, 0.6) is 0 Å². The Labute approximate surface area is 126 Å². The van der Waals surface area contributed by atoms with Crippen LogP contribution in [0.3, 0.4) is 0 Å². The Balaban J connectivity index is 1.96. The molecule has 2 N–H and O–H groups in total. The Bertz CT molecular complexity index is 515. The highest BCUT2D eigenvalue weighted by Gasteiger charge is 2.25. The topological polar surface area (TPSA) is 86.7 Å². The lowest BCUT2D eigenvalue weighted by molar-refractivity contribution is -0.142. The number of carboxylic acids is 1. The fourth-order valence-electron chi connectivity index (χ4n) is 2.30. The number of carbonyl (C=O) groups excluding carboxylic acids is 2. The summed E-state index contributed by atoms with van der Waals surface area (Å²) >= 11 is 1.28. The van der Waals surface area contributed by atoms with Crippen LogP contribution < -0.4 is 5.32 Å². The van der Waals surface area contributed by atoms with Gasteiger partial charge in [0.1, 0.15) is 0 Å². The average Bonchev–Trinajstić information content (AvgIpc) is 2.89. The second kappa shape index (κ2) is 7.21. The Morgan fingerprint density at radius 2 is 2.19 bits per heavy atom. The first-order chi connectivity index (χ1) is 10.1. The van der Waals surface area contributed by atoms with Gasteiger partial charge < -0.3 is 15.3 Å². The van der Waals surface area contributed by atoms with Crippen LogP contribution >= 0.6 is 11.3 Å². The summed E-state index contributed by atoms with van der Waals surface area (Å²) < 4.78 is 0. The van der Waals surface area contributed by atoms with Gasteiger partial charge in [-0.3, -0.25) is 9.59 Å². The standard InChI is InChI=1S/C14H18N2O4S/c17-11(9-16-7-3-1-2-6-12(16)18)15-13(14(19)20)10-5-4-8-21-10/h4-5,8,13H,1-3,6-7,9H2,(H,15,17)(H,19,20). The first-order valence-electron chi connectivity index (χ1n) is 6.91. The molecular weight excluding hydrogens is 292 g/mol. The van der Waals surface area contributed by atoms with Crippen LogP contribution in [0.4, 0.5) is 0 Å². The van der Waals surface area contributed by atoms with Crippen molar-refractivity contribution in [2.24, 2.45) is 0 Å². The van der Waals surface area contributed by atoms with Gasteiger partial charge in [0.25, 0.3) is 0 Å². The van der Waals surface area contributed by atoms with Gasteiger partial charge >= 0.3 is 5.97 Å². The highest BCUT2D eigenvalue weighted by atomic mass is 32.1. The third-order valence-corrected chi connectivity index (χ3v) is 4.32. The first-order valence-corrected chi connectivity index (χ1v) is 7.79. The van der Waals surface area contributed by atoms with E-state index >= 15 is 0 Å². The van der Waals surface area contributed by atoms with Crippen molar-refractivity contribution in [1.82, 2.24) is 10.2 Å². The first kappa shape index (κ1) is 15.5. The van der Waals surface area contributed by atoms with Gasteiger partial charge in [-0.25, -0.2) is 4.79 Å². The largest absolute Gasteiger partial charge is 0.479 e. The van der Waals surface area contributed by atoms with E-state index in [0.717, 1.165) is 19.3 Å². The minimum absolute atomic E-state index is 0.0364. The minimum Gasteiger partial charge on any atom is -0.479 e. The van der Waals surface area contributed by atoms with Crippen LogP contribution in [0.15, 0.2) is 17.5 Å². The molecule has 2 heterocycles. The zero-order chi connectivity index (χ0) is 15.2. The molecule has 1 aliphatic heterocycles. The quantitative estimate of drug-likeness (QED) is 0.860. The number of carbonyl (C=O) groups is 3. The van der Waals surface area contributed by atoms with Crippen molar-refractivity contribution < 1.29 is 19.5 Å². The van der Waals surface area contributed by atoms with Crippen LogP contribution in [-0.4, -0.2) is 40.9 Å². The summed E-state index contributed by atoms with van der Waals surface area (Å²) in [6, 6.07) is 2.35. The molecule has 0 radical (unpaired) electrons. The van der Waals surface area contributed by atoms with Crippen molar-refractivity contribution in [2.75, 3.05) is 13.1 Å². The molecule has 2 rings (SSSR count). The second-order valence-corrected chi connectivity index (χ2v) is 5.96. The smallest absolute Gasteiger partial charge is 0.331 e. The van der Waals surface area contributed by atoms with E-state index in [1.165, 1.54) is 16.2 Å². The molecule has 21 heavy (non-hydrogen) atoms. The van der Waals surface area contributed by atoms with Crippen molar-refractivity contribution in [3.8, 4) is 0 Å². The van der Waals surface area contributed by atoms with Gasteiger partial charge in [0.05, 0.1) is 6.54 Å². The van der Waals surface area contributed by atoms with Crippen LogP contribution in [-0.2, 0) is 14.4 Å². The summed E-state index contributed by atoms with van der Waals surface area (Å²) in [4.78, 5) is 37.2. The molecule has 7 heteroatoms. The van der Waals surface area contributed by atoms with Gasteiger partial charge in [0.2, 0.25) is 11.8 Å². The number of hydrogen-bond donors (Lipinski definition) is 2. The summed E-state index contributed by atoms with van der Waals surface area (Å²) in [6.07, 6.45) is 3.17. The number of carboxylic acid groups (broad SMARTS) is 1. The number of rotatable bonds is 5. The Morgan fingerprint density at radius 3 is 2.86 bits per heavy atom. The van der Waals surface area contributed by atoms with Crippen LogP contribution in [0.2, 0.25) is 0 Å². The van der Waals surface area contributed by atoms with E-state index in [1.807, 2.05) is 0 Å². The zero-order valence-electron chi connectivity index (χ0n) is 11.6. The summed E-state index contributed by atoms with van der Waals surface area (Å²) in [5.74, 6) is -1.58. The predicted molar refractivity (Wildman–Crippen MR) is 77.9 cm³/mol. The minimum atomic E-state index is -1.10. The van der Waals surface area contributed by atoms with Crippen molar-refractivity contribution >= 4 is 29.1 Å². The number of thiophene rings is 1. The molecule has 1 atom stereocenters. The van der Waals surface area contributed by atoms with Gasteiger partial charge in [-0.05, 0) is 24.3 Å². The molecule has 1 fully saturated rings. The summed E-state index contributed by atoms with van der Waals surface area (Å²) in [7, 11) is 0. The maximum absolute atomic E-state index is 12.0. The van der Waals surface area contributed by atoms with Crippen molar-refractivity contribution in [3.63, 3.8) is 0 Å². The van der Waals surface area contributed by atoms with Gasteiger partial charge in [0, 0.05) is 17.8 Å². The molecule has 1 saturated heterocycles. The average molecular weight is 310 g/mol. The molecule has 0 bridgehead atoms. The number of aliphatic carboxylic acids is 1. The summed E-state index contributed by atoms with van der Waals surface area (Å²) in [6.45, 7) is 0.483. The van der Waals surface area contributed by atoms with E-state index in [0.29, 0.717) is 17.8 Å². The maximum atomic E-state index is 12.0. The Morgan fingerprint density at radius 1 is 1.38 bits per heavy atom. The Kier molecular flexibility index (Phi) is 5.32. The van der Waals surface area contributed by atoms with Gasteiger partial charge in [-0.15, -0.1) is 11.3 Å². The molecule has 1 aliphatic rings. The number of hydrogen-bond acceptors (Lipinski definition) is 4. The monoisotopic (exact) mass is 310 g/mol. The zero-order valence-corrected chi connectivity index (χ0v) is 12.4. The molecule has 0 saturated carbocycles. The molecule has 0 aliphatic carbocycles. The second-order valence-electron chi connectivity index (χ2n) is 4.98. The van der Waals surface area contributed by atoms with E-state index in [1.54, 1.807) is 17.5 Å². The summed E-state index contributed by atoms with van der Waals surface area (Å²) in [5, 5.41) is 13.5. The molecular formula is C14H18N2O4S. The van der Waals surface area contributed by atoms with Crippen LogP contribution in [0.1, 0.15) is 36.6 Å². The Hall–Kier alpha value is -1.89. The van der Waals surface area contributed by atoms with Crippen molar-refractivity contribution in [1.29, 1.82) is 0 Å². The normalized spacial score (nSPS) is 17.1. The summed E-state index contributed by atoms with van der Waals surface area (Å²) in [5.41, 5.74) is 0. The highest BCUT2D eigenvalue weighted by molar-refractivity contribution is 7.10. The molecule has 114 valence electrons. The maximum Gasteiger partial charge on any atom is 0.331 e. The number of nitrogens with one attached hydrogen (secondary N) is 1. The van der Waals surface area contributed by atoms with E-state index in [-0.39, 0.29) is 12.5 Å². The molecule has 1 aromatic heterocycles. The van der Waals surface area contributed by atoms with Gasteiger partial charge in [0.15, 0.2) is 6.04 Å².